The molecule has 0 atom stereocenters. The standard InChI is InChI=1S/C22H17NSe/c1-16-12-14-18(15-13-16)21-20(17-8-4-2-5-9-17)22(24-23-21)19-10-6-3-7-11-19/h2-15H,1H3. The average Bonchev–Trinajstić information content (AvgIpc) is 3.09. The van der Waals surface area contributed by atoms with E-state index in [0.29, 0.717) is 0 Å². The van der Waals surface area contributed by atoms with Crippen LogP contribution in [0.3, 0.4) is 0 Å². The van der Waals surface area contributed by atoms with Crippen molar-refractivity contribution in [1.29, 1.82) is 0 Å². The summed E-state index contributed by atoms with van der Waals surface area (Å²) in [5, 5.41) is 0. The zero-order chi connectivity index (χ0) is 16.4. The van der Waals surface area contributed by atoms with Crippen LogP contribution in [-0.2, 0) is 0 Å². The van der Waals surface area contributed by atoms with Crippen molar-refractivity contribution in [3.05, 3.63) is 90.5 Å². The molecule has 4 aromatic rings. The quantitative estimate of drug-likeness (QED) is 0.435. The van der Waals surface area contributed by atoms with Crippen LogP contribution in [-0.4, -0.2) is 18.7 Å². The Labute approximate surface area is 148 Å². The molecule has 0 aliphatic carbocycles. The number of benzene rings is 3. The van der Waals surface area contributed by atoms with Crippen molar-refractivity contribution in [2.24, 2.45) is 0 Å². The van der Waals surface area contributed by atoms with Crippen LogP contribution in [0.15, 0.2) is 84.9 Å². The van der Waals surface area contributed by atoms with Gasteiger partial charge in [0, 0.05) is 0 Å². The van der Waals surface area contributed by atoms with E-state index in [0.717, 1.165) is 5.69 Å². The molecule has 0 bridgehead atoms. The van der Waals surface area contributed by atoms with Gasteiger partial charge in [-0.2, -0.15) is 0 Å². The van der Waals surface area contributed by atoms with Crippen molar-refractivity contribution in [3.63, 3.8) is 0 Å². The first-order valence-electron chi connectivity index (χ1n) is 8.00. The Bertz CT molecular complexity index is 938. The normalized spacial score (nSPS) is 10.7. The maximum absolute atomic E-state index is 4.96. The first-order valence-corrected chi connectivity index (χ1v) is 9.63. The second-order valence-corrected chi connectivity index (χ2v) is 7.46. The molecule has 1 nitrogen and oxygen atoms in total. The van der Waals surface area contributed by atoms with Crippen molar-refractivity contribution in [2.45, 2.75) is 6.92 Å². The molecule has 4 rings (SSSR count). The molecule has 0 radical (unpaired) electrons. The van der Waals surface area contributed by atoms with Crippen LogP contribution < -0.4 is 0 Å². The molecule has 0 N–H and O–H groups in total. The Kier molecular flexibility index (Phi) is 4.17. The third-order valence-corrected chi connectivity index (χ3v) is 6.00. The van der Waals surface area contributed by atoms with E-state index < -0.39 is 0 Å². The second kappa shape index (κ2) is 6.60. The summed E-state index contributed by atoms with van der Waals surface area (Å²) in [5.74, 6) is 0. The van der Waals surface area contributed by atoms with Gasteiger partial charge in [-0.25, -0.2) is 0 Å². The SMILES string of the molecule is Cc1ccc(-c2n[se]c(-c3ccccc3)c2-c2ccccc2)cc1. The fourth-order valence-electron chi connectivity index (χ4n) is 2.86. The molecule has 0 saturated carbocycles. The molecule has 0 amide bonds. The van der Waals surface area contributed by atoms with E-state index in [4.69, 9.17) is 3.98 Å². The van der Waals surface area contributed by atoms with E-state index in [1.54, 1.807) is 0 Å². The van der Waals surface area contributed by atoms with E-state index in [1.807, 2.05) is 0 Å². The maximum atomic E-state index is 4.96. The number of aryl methyl sites for hydroxylation is 1. The molecule has 24 heavy (non-hydrogen) atoms. The monoisotopic (exact) mass is 375 g/mol. The molecule has 2 heteroatoms. The molecule has 0 aliphatic rings. The van der Waals surface area contributed by atoms with Gasteiger partial charge in [0.25, 0.3) is 0 Å². The number of hydrogen-bond donors (Lipinski definition) is 0. The van der Waals surface area contributed by atoms with Crippen molar-refractivity contribution in [1.82, 2.24) is 3.98 Å². The number of hydrogen-bond acceptors (Lipinski definition) is 1. The molecular weight excluding hydrogens is 357 g/mol. The zero-order valence-electron chi connectivity index (χ0n) is 13.4. The second-order valence-electron chi connectivity index (χ2n) is 5.83. The molecule has 1 aromatic heterocycles. The fourth-order valence-corrected chi connectivity index (χ4v) is 4.80. The first-order chi connectivity index (χ1) is 11.8. The third kappa shape index (κ3) is 2.87. The summed E-state index contributed by atoms with van der Waals surface area (Å²) in [6.45, 7) is 2.12. The molecule has 0 fully saturated rings. The Hall–Kier alpha value is -2.41. The fraction of sp³-hybridized carbons (Fsp3) is 0.0455. The first kappa shape index (κ1) is 15.1. The Morgan fingerprint density at radius 3 is 1.83 bits per heavy atom. The molecule has 0 aliphatic heterocycles. The molecule has 1 heterocycles. The van der Waals surface area contributed by atoms with Crippen LogP contribution in [0.25, 0.3) is 32.4 Å². The van der Waals surface area contributed by atoms with Gasteiger partial charge in [0.1, 0.15) is 0 Å². The molecule has 0 saturated heterocycles. The van der Waals surface area contributed by atoms with Crippen LogP contribution >= 0.6 is 0 Å². The van der Waals surface area contributed by atoms with Gasteiger partial charge >= 0.3 is 149 Å². The zero-order valence-corrected chi connectivity index (χ0v) is 15.2. The van der Waals surface area contributed by atoms with Gasteiger partial charge in [-0.1, -0.05) is 0 Å². The van der Waals surface area contributed by atoms with E-state index >= 15 is 0 Å². The minimum atomic E-state index is 0.104. The summed E-state index contributed by atoms with van der Waals surface area (Å²) < 4.78 is 6.32. The molecular formula is C22H17NSe. The van der Waals surface area contributed by atoms with Crippen molar-refractivity contribution < 1.29 is 0 Å². The van der Waals surface area contributed by atoms with Gasteiger partial charge < -0.3 is 0 Å². The number of rotatable bonds is 3. The van der Waals surface area contributed by atoms with Crippen LogP contribution in [0.5, 0.6) is 0 Å². The van der Waals surface area contributed by atoms with Crippen LogP contribution in [0.4, 0.5) is 0 Å². The Balaban J connectivity index is 1.95. The van der Waals surface area contributed by atoms with E-state index in [1.165, 1.54) is 32.3 Å². The average molecular weight is 374 g/mol. The van der Waals surface area contributed by atoms with E-state index in [2.05, 4.69) is 91.9 Å². The van der Waals surface area contributed by atoms with Gasteiger partial charge in [-0.15, -0.1) is 0 Å². The van der Waals surface area contributed by atoms with Crippen LogP contribution in [0.1, 0.15) is 5.56 Å². The Morgan fingerprint density at radius 2 is 1.21 bits per heavy atom. The summed E-state index contributed by atoms with van der Waals surface area (Å²) in [4.78, 5) is 0. The van der Waals surface area contributed by atoms with Gasteiger partial charge in [0.05, 0.1) is 0 Å². The summed E-state index contributed by atoms with van der Waals surface area (Å²) in [6, 6.07) is 30.0. The van der Waals surface area contributed by atoms with E-state index in [-0.39, 0.29) is 14.7 Å². The molecule has 0 unspecified atom stereocenters. The van der Waals surface area contributed by atoms with Gasteiger partial charge in [-0.3, -0.25) is 0 Å². The third-order valence-electron chi connectivity index (χ3n) is 4.12. The summed E-state index contributed by atoms with van der Waals surface area (Å²) in [7, 11) is 0. The van der Waals surface area contributed by atoms with Crippen LogP contribution in [0.2, 0.25) is 0 Å². The van der Waals surface area contributed by atoms with Crippen molar-refractivity contribution in [2.75, 3.05) is 0 Å². The van der Waals surface area contributed by atoms with Crippen molar-refractivity contribution in [3.8, 4) is 32.4 Å². The summed E-state index contributed by atoms with van der Waals surface area (Å²) >= 11 is 0.104. The van der Waals surface area contributed by atoms with Gasteiger partial charge in [0.2, 0.25) is 0 Å². The topological polar surface area (TPSA) is 12.9 Å². The Morgan fingerprint density at radius 1 is 0.625 bits per heavy atom. The minimum absolute atomic E-state index is 0.104. The molecule has 0 spiro atoms. The van der Waals surface area contributed by atoms with E-state index in [9.17, 15) is 0 Å². The summed E-state index contributed by atoms with van der Waals surface area (Å²) in [5.41, 5.74) is 7.41. The van der Waals surface area contributed by atoms with Gasteiger partial charge in [-0.05, 0) is 0 Å². The van der Waals surface area contributed by atoms with Crippen LogP contribution in [0, 0.1) is 6.92 Å². The predicted octanol–water partition coefficient (Wildman–Crippen LogP) is 5.45. The summed E-state index contributed by atoms with van der Waals surface area (Å²) in [6.07, 6.45) is 0. The number of nitrogens with zero attached hydrogens (tertiary/aromatic N) is 1. The number of aromatic nitrogens is 1. The molecule has 3 aromatic carbocycles. The van der Waals surface area contributed by atoms with Gasteiger partial charge in [0.15, 0.2) is 0 Å². The molecule has 116 valence electrons. The predicted molar refractivity (Wildman–Crippen MR) is 102 cm³/mol. The van der Waals surface area contributed by atoms with Crippen molar-refractivity contribution >= 4 is 14.7 Å².